The van der Waals surface area contributed by atoms with E-state index in [1.165, 1.54) is 24.8 Å². The molecule has 1 aromatic rings. The molecule has 0 aliphatic carbocycles. The summed E-state index contributed by atoms with van der Waals surface area (Å²) >= 11 is 0. The fourth-order valence-electron chi connectivity index (χ4n) is 4.12. The molecule has 3 heterocycles. The monoisotopic (exact) mass is 256 g/mol. The van der Waals surface area contributed by atoms with Gasteiger partial charge in [-0.05, 0) is 37.3 Å². The highest BCUT2D eigenvalue weighted by molar-refractivity contribution is 6.01. The summed E-state index contributed by atoms with van der Waals surface area (Å²) in [6.07, 6.45) is 6.73. The summed E-state index contributed by atoms with van der Waals surface area (Å²) in [5.74, 6) is 0.297. The summed E-state index contributed by atoms with van der Waals surface area (Å²) in [6, 6.07) is 9.94. The molecular formula is C16H20N2O. The second-order valence-corrected chi connectivity index (χ2v) is 6.19. The number of amides is 1. The van der Waals surface area contributed by atoms with E-state index in [9.17, 15) is 4.79 Å². The maximum atomic E-state index is 12.4. The first-order chi connectivity index (χ1) is 9.31. The van der Waals surface area contributed by atoms with Gasteiger partial charge in [0.15, 0.2) is 0 Å². The second-order valence-electron chi connectivity index (χ2n) is 6.19. The van der Waals surface area contributed by atoms with E-state index in [1.807, 2.05) is 12.1 Å². The molecule has 19 heavy (non-hydrogen) atoms. The van der Waals surface area contributed by atoms with Crippen molar-refractivity contribution in [1.82, 2.24) is 5.32 Å². The molecule has 1 amide bonds. The van der Waals surface area contributed by atoms with Gasteiger partial charge in [0.25, 0.3) is 0 Å². The Labute approximate surface area is 114 Å². The lowest BCUT2D eigenvalue weighted by Gasteiger charge is -2.43. The number of para-hydroxylation sites is 1. The van der Waals surface area contributed by atoms with E-state index in [2.05, 4.69) is 22.3 Å². The van der Waals surface area contributed by atoms with Crippen molar-refractivity contribution in [2.75, 3.05) is 4.90 Å². The molecule has 0 aromatic heterocycles. The van der Waals surface area contributed by atoms with Gasteiger partial charge in [-0.25, -0.2) is 0 Å². The lowest BCUT2D eigenvalue weighted by atomic mass is 9.83. The van der Waals surface area contributed by atoms with E-state index >= 15 is 0 Å². The summed E-state index contributed by atoms with van der Waals surface area (Å²) in [5.41, 5.74) is 2.37. The van der Waals surface area contributed by atoms with Gasteiger partial charge in [0, 0.05) is 23.8 Å². The number of anilines is 1. The van der Waals surface area contributed by atoms with E-state index in [0.29, 0.717) is 30.5 Å². The van der Waals surface area contributed by atoms with Crippen LogP contribution in [0.15, 0.2) is 24.3 Å². The number of fused-ring (bicyclic) bond motifs is 3. The highest BCUT2D eigenvalue weighted by Gasteiger charge is 2.39. The zero-order valence-electron chi connectivity index (χ0n) is 11.1. The minimum atomic E-state index is 0.297. The average Bonchev–Trinajstić information content (AvgIpc) is 2.74. The Hall–Kier alpha value is -1.35. The zero-order chi connectivity index (χ0) is 12.8. The predicted molar refractivity (Wildman–Crippen MR) is 75.2 cm³/mol. The molecule has 3 nitrogen and oxygen atoms in total. The van der Waals surface area contributed by atoms with Crippen LogP contribution in [0.4, 0.5) is 5.69 Å². The number of nitrogens with one attached hydrogen (secondary N) is 1. The molecule has 2 bridgehead atoms. The van der Waals surface area contributed by atoms with Crippen molar-refractivity contribution in [1.29, 1.82) is 0 Å². The molecule has 3 heteroatoms. The van der Waals surface area contributed by atoms with Crippen molar-refractivity contribution in [2.24, 2.45) is 0 Å². The third kappa shape index (κ3) is 1.88. The van der Waals surface area contributed by atoms with Crippen LogP contribution < -0.4 is 10.2 Å². The zero-order valence-corrected chi connectivity index (χ0v) is 11.1. The molecule has 3 aliphatic rings. The third-order valence-corrected chi connectivity index (χ3v) is 4.92. The topological polar surface area (TPSA) is 32.3 Å². The Morgan fingerprint density at radius 1 is 1.11 bits per heavy atom. The molecular weight excluding hydrogens is 236 g/mol. The normalized spacial score (nSPS) is 33.4. The molecule has 2 fully saturated rings. The Kier molecular flexibility index (Phi) is 2.62. The number of hydrogen-bond donors (Lipinski definition) is 1. The van der Waals surface area contributed by atoms with Gasteiger partial charge in [-0.15, -0.1) is 0 Å². The number of benzene rings is 1. The number of carbonyl (C=O) groups is 1. The first-order valence-corrected chi connectivity index (χ1v) is 7.47. The minimum absolute atomic E-state index is 0.297. The highest BCUT2D eigenvalue weighted by atomic mass is 16.2. The second kappa shape index (κ2) is 4.34. The number of hydrogen-bond acceptors (Lipinski definition) is 2. The Morgan fingerprint density at radius 2 is 1.84 bits per heavy atom. The average molecular weight is 256 g/mol. The van der Waals surface area contributed by atoms with Gasteiger partial charge in [0.2, 0.25) is 5.91 Å². The molecule has 3 atom stereocenters. The van der Waals surface area contributed by atoms with Crippen molar-refractivity contribution in [3.63, 3.8) is 0 Å². The number of carbonyl (C=O) groups excluding carboxylic acids is 1. The van der Waals surface area contributed by atoms with Crippen molar-refractivity contribution >= 4 is 11.6 Å². The van der Waals surface area contributed by atoms with Gasteiger partial charge in [-0.2, -0.15) is 0 Å². The Bertz CT molecular complexity index is 501. The minimum Gasteiger partial charge on any atom is -0.311 e. The smallest absolute Gasteiger partial charge is 0.231 e. The van der Waals surface area contributed by atoms with Gasteiger partial charge < -0.3 is 10.2 Å². The van der Waals surface area contributed by atoms with Gasteiger partial charge in [0.1, 0.15) is 0 Å². The molecule has 1 N–H and O–H groups in total. The van der Waals surface area contributed by atoms with Crippen LogP contribution >= 0.6 is 0 Å². The number of piperidine rings is 2. The first kappa shape index (κ1) is 11.5. The number of rotatable bonds is 1. The molecule has 3 aliphatic heterocycles. The fourth-order valence-corrected chi connectivity index (χ4v) is 4.12. The van der Waals surface area contributed by atoms with Crippen LogP contribution in [-0.4, -0.2) is 24.0 Å². The maximum absolute atomic E-state index is 12.4. The first-order valence-electron chi connectivity index (χ1n) is 7.47. The van der Waals surface area contributed by atoms with Crippen LogP contribution in [0.1, 0.15) is 37.7 Å². The Morgan fingerprint density at radius 3 is 2.63 bits per heavy atom. The molecule has 0 saturated carbocycles. The van der Waals surface area contributed by atoms with Crippen molar-refractivity contribution in [2.45, 2.75) is 56.7 Å². The standard InChI is InChI=1S/C16H20N2O/c19-16-8-11-4-1-2-7-15(11)18(16)14-9-12-5-3-6-13(10-14)17-12/h1-2,4,7,12-14,17H,3,5-6,8-10H2/t12-,13+,14?. The van der Waals surface area contributed by atoms with Gasteiger partial charge in [-0.3, -0.25) is 4.79 Å². The Balaban J connectivity index is 1.64. The molecule has 100 valence electrons. The van der Waals surface area contributed by atoms with Crippen LogP contribution in [0.2, 0.25) is 0 Å². The van der Waals surface area contributed by atoms with E-state index in [4.69, 9.17) is 0 Å². The van der Waals surface area contributed by atoms with E-state index in [0.717, 1.165) is 18.5 Å². The fraction of sp³-hybridized carbons (Fsp3) is 0.562. The van der Waals surface area contributed by atoms with E-state index in [1.54, 1.807) is 0 Å². The van der Waals surface area contributed by atoms with Crippen LogP contribution in [0.25, 0.3) is 0 Å². The third-order valence-electron chi connectivity index (χ3n) is 4.92. The number of nitrogens with zero attached hydrogens (tertiary/aromatic N) is 1. The lowest BCUT2D eigenvalue weighted by molar-refractivity contribution is -0.118. The van der Waals surface area contributed by atoms with Crippen LogP contribution in [0.5, 0.6) is 0 Å². The largest absolute Gasteiger partial charge is 0.311 e. The molecule has 1 aromatic carbocycles. The van der Waals surface area contributed by atoms with Crippen molar-refractivity contribution < 1.29 is 4.79 Å². The van der Waals surface area contributed by atoms with Gasteiger partial charge >= 0.3 is 0 Å². The molecule has 2 saturated heterocycles. The summed E-state index contributed by atoms with van der Waals surface area (Å²) in [7, 11) is 0. The lowest BCUT2D eigenvalue weighted by Crippen LogP contribution is -2.55. The highest BCUT2D eigenvalue weighted by Crippen LogP contribution is 2.36. The van der Waals surface area contributed by atoms with E-state index in [-0.39, 0.29) is 0 Å². The van der Waals surface area contributed by atoms with Crippen molar-refractivity contribution in [3.05, 3.63) is 29.8 Å². The summed E-state index contributed by atoms with van der Waals surface area (Å²) in [5, 5.41) is 3.71. The predicted octanol–water partition coefficient (Wildman–Crippen LogP) is 2.25. The summed E-state index contributed by atoms with van der Waals surface area (Å²) in [4.78, 5) is 14.5. The SMILES string of the molecule is O=C1Cc2ccccc2N1C1C[C@H]2CCC[C@@H](C1)N2. The van der Waals surface area contributed by atoms with Crippen LogP contribution in [0.3, 0.4) is 0 Å². The quantitative estimate of drug-likeness (QED) is 0.836. The van der Waals surface area contributed by atoms with Crippen LogP contribution in [-0.2, 0) is 11.2 Å². The summed E-state index contributed by atoms with van der Waals surface area (Å²) in [6.45, 7) is 0. The van der Waals surface area contributed by atoms with Crippen molar-refractivity contribution in [3.8, 4) is 0 Å². The summed E-state index contributed by atoms with van der Waals surface area (Å²) < 4.78 is 0. The van der Waals surface area contributed by atoms with Gasteiger partial charge in [0.05, 0.1) is 6.42 Å². The molecule has 1 unspecified atom stereocenters. The van der Waals surface area contributed by atoms with E-state index < -0.39 is 0 Å². The van der Waals surface area contributed by atoms with Gasteiger partial charge in [-0.1, -0.05) is 24.6 Å². The molecule has 4 rings (SSSR count). The maximum Gasteiger partial charge on any atom is 0.231 e. The van der Waals surface area contributed by atoms with Crippen LogP contribution in [0, 0.1) is 0 Å². The molecule has 0 radical (unpaired) electrons. The molecule has 0 spiro atoms.